The topological polar surface area (TPSA) is 107 Å². The largest absolute Gasteiger partial charge is 0.503 e. The van der Waals surface area contributed by atoms with Gasteiger partial charge in [-0.3, -0.25) is 9.59 Å². The maximum Gasteiger partial charge on any atom is 0.335 e. The highest BCUT2D eigenvalue weighted by Gasteiger charge is 2.33. The second kappa shape index (κ2) is 10.5. The number of aliphatic hydroxyl groups excluding tert-OH is 1. The summed E-state index contributed by atoms with van der Waals surface area (Å²) in [6, 6.07) is 11.7. The zero-order valence-electron chi connectivity index (χ0n) is 17.1. The van der Waals surface area contributed by atoms with Gasteiger partial charge >= 0.3 is 5.97 Å². The van der Waals surface area contributed by atoms with Crippen molar-refractivity contribution in [3.63, 3.8) is 0 Å². The van der Waals surface area contributed by atoms with Crippen LogP contribution in [0.4, 0.5) is 0 Å². The van der Waals surface area contributed by atoms with Gasteiger partial charge in [0.15, 0.2) is 5.76 Å². The molecule has 0 radical (unpaired) electrons. The molecule has 1 aliphatic heterocycles. The van der Waals surface area contributed by atoms with E-state index in [4.69, 9.17) is 28.3 Å². The number of aliphatic hydroxyl groups is 1. The highest BCUT2D eigenvalue weighted by molar-refractivity contribution is 6.42. The van der Waals surface area contributed by atoms with Crippen LogP contribution in [0.1, 0.15) is 27.9 Å². The van der Waals surface area contributed by atoms with Gasteiger partial charge in [-0.15, -0.1) is 0 Å². The first-order valence-electron chi connectivity index (χ1n) is 10.0. The average molecular weight is 477 g/mol. The Morgan fingerprint density at radius 1 is 1.00 bits per heavy atom. The van der Waals surface area contributed by atoms with Gasteiger partial charge in [0, 0.05) is 13.1 Å². The molecule has 0 aliphatic carbocycles. The van der Waals surface area contributed by atoms with E-state index in [1.165, 1.54) is 17.0 Å². The van der Waals surface area contributed by atoms with Gasteiger partial charge < -0.3 is 20.4 Å². The van der Waals surface area contributed by atoms with E-state index in [1.54, 1.807) is 24.3 Å². The van der Waals surface area contributed by atoms with Gasteiger partial charge in [0.05, 0.1) is 27.7 Å². The molecule has 2 amide bonds. The molecule has 9 heteroatoms. The Kier molecular flexibility index (Phi) is 7.77. The molecule has 0 fully saturated rings. The van der Waals surface area contributed by atoms with Crippen LogP contribution in [0.5, 0.6) is 0 Å². The van der Waals surface area contributed by atoms with Crippen LogP contribution < -0.4 is 5.32 Å². The number of amides is 2. The molecule has 0 unspecified atom stereocenters. The Balaban J connectivity index is 1.46. The van der Waals surface area contributed by atoms with Gasteiger partial charge in [-0.05, 0) is 54.7 Å². The molecule has 32 heavy (non-hydrogen) atoms. The molecular formula is C23H22Cl2N2O5. The lowest BCUT2D eigenvalue weighted by Gasteiger charge is -2.16. The van der Waals surface area contributed by atoms with Gasteiger partial charge in [-0.25, -0.2) is 4.79 Å². The molecule has 7 nitrogen and oxygen atoms in total. The van der Waals surface area contributed by atoms with Crippen molar-refractivity contribution in [2.75, 3.05) is 19.6 Å². The average Bonchev–Trinajstić information content (AvgIpc) is 3.06. The van der Waals surface area contributed by atoms with E-state index in [1.807, 2.05) is 6.07 Å². The van der Waals surface area contributed by atoms with Gasteiger partial charge in [-0.1, -0.05) is 41.4 Å². The highest BCUT2D eigenvalue weighted by Crippen LogP contribution is 2.23. The monoisotopic (exact) mass is 476 g/mol. The van der Waals surface area contributed by atoms with Crippen LogP contribution >= 0.6 is 23.2 Å². The second-order valence-corrected chi connectivity index (χ2v) is 8.23. The summed E-state index contributed by atoms with van der Waals surface area (Å²) in [5, 5.41) is 22.8. The number of aryl methyl sites for hydroxylation is 1. The fraction of sp³-hybridized carbons (Fsp3) is 0.261. The van der Waals surface area contributed by atoms with E-state index < -0.39 is 23.5 Å². The number of carbonyl (C=O) groups excluding carboxylic acids is 2. The Hall–Kier alpha value is -3.03. The molecule has 1 heterocycles. The van der Waals surface area contributed by atoms with Gasteiger partial charge in [0.2, 0.25) is 0 Å². The number of nitrogens with zero attached hydrogens (tertiary/aromatic N) is 1. The number of hydrogen-bond donors (Lipinski definition) is 3. The summed E-state index contributed by atoms with van der Waals surface area (Å²) in [6.07, 6.45) is 1.81. The zero-order valence-corrected chi connectivity index (χ0v) is 18.6. The summed E-state index contributed by atoms with van der Waals surface area (Å²) in [5.41, 5.74) is 2.08. The normalized spacial score (nSPS) is 13.6. The van der Waals surface area contributed by atoms with E-state index in [0.717, 1.165) is 11.1 Å². The first kappa shape index (κ1) is 23.6. The van der Waals surface area contributed by atoms with Gasteiger partial charge in [-0.2, -0.15) is 0 Å². The maximum absolute atomic E-state index is 12.4. The lowest BCUT2D eigenvalue weighted by molar-refractivity contribution is -0.127. The van der Waals surface area contributed by atoms with Crippen molar-refractivity contribution < 1.29 is 24.6 Å². The minimum Gasteiger partial charge on any atom is -0.503 e. The molecular weight excluding hydrogens is 455 g/mol. The zero-order chi connectivity index (χ0) is 23.3. The van der Waals surface area contributed by atoms with Gasteiger partial charge in [0.25, 0.3) is 11.8 Å². The maximum atomic E-state index is 12.4. The molecule has 3 rings (SSSR count). The third-order valence-corrected chi connectivity index (χ3v) is 5.92. The van der Waals surface area contributed by atoms with Crippen molar-refractivity contribution >= 4 is 41.0 Å². The Bertz CT molecular complexity index is 1070. The number of nitrogens with one attached hydrogen (secondary N) is 1. The minimum atomic E-state index is -1.01. The Morgan fingerprint density at radius 2 is 1.69 bits per heavy atom. The van der Waals surface area contributed by atoms with Crippen LogP contribution in [0, 0.1) is 0 Å². The number of carboxylic acids is 1. The number of benzene rings is 2. The number of rotatable bonds is 9. The smallest absolute Gasteiger partial charge is 0.335 e. The van der Waals surface area contributed by atoms with E-state index >= 15 is 0 Å². The molecule has 2 aromatic carbocycles. The molecule has 0 spiro atoms. The molecule has 2 aromatic rings. The van der Waals surface area contributed by atoms with E-state index in [-0.39, 0.29) is 17.7 Å². The van der Waals surface area contributed by atoms with Crippen molar-refractivity contribution in [2.45, 2.75) is 19.3 Å². The fourth-order valence-electron chi connectivity index (χ4n) is 3.35. The molecule has 3 N–H and O–H groups in total. The Morgan fingerprint density at radius 3 is 2.34 bits per heavy atom. The standard InChI is InChI=1S/C23H22Cl2N2O5/c24-18-8-5-15(12-19(18)25)2-1-10-26-21(29)17-13-27(22(30)20(17)28)11-9-14-3-6-16(7-4-14)23(31)32/h3-8,12,28H,1-2,9-11,13H2,(H,26,29)(H,31,32). The number of aromatic carboxylic acids is 1. The van der Waals surface area contributed by atoms with Crippen molar-refractivity contribution in [2.24, 2.45) is 0 Å². The van der Waals surface area contributed by atoms with Crippen molar-refractivity contribution in [1.29, 1.82) is 0 Å². The third kappa shape index (κ3) is 5.81. The molecule has 0 saturated heterocycles. The predicted octanol–water partition coefficient (Wildman–Crippen LogP) is 3.64. The first-order chi connectivity index (χ1) is 15.3. The Labute approximate surface area is 195 Å². The molecule has 0 atom stereocenters. The molecule has 0 saturated carbocycles. The van der Waals surface area contributed by atoms with Crippen LogP contribution in [0.15, 0.2) is 53.8 Å². The fourth-order valence-corrected chi connectivity index (χ4v) is 3.67. The van der Waals surface area contributed by atoms with Crippen LogP contribution in [0.25, 0.3) is 0 Å². The number of carboxylic acid groups (broad SMARTS) is 1. The highest BCUT2D eigenvalue weighted by atomic mass is 35.5. The van der Waals surface area contributed by atoms with Crippen molar-refractivity contribution in [3.8, 4) is 0 Å². The number of hydrogen-bond acceptors (Lipinski definition) is 4. The third-order valence-electron chi connectivity index (χ3n) is 5.18. The quantitative estimate of drug-likeness (QED) is 0.479. The van der Waals surface area contributed by atoms with E-state index in [2.05, 4.69) is 5.32 Å². The second-order valence-electron chi connectivity index (χ2n) is 7.41. The molecule has 0 bridgehead atoms. The minimum absolute atomic E-state index is 0.0243. The summed E-state index contributed by atoms with van der Waals surface area (Å²) in [6.45, 7) is 0.694. The SMILES string of the molecule is O=C(NCCCc1ccc(Cl)c(Cl)c1)C1=C(O)C(=O)N(CCc2ccc(C(=O)O)cc2)C1. The predicted molar refractivity (Wildman–Crippen MR) is 121 cm³/mol. The van der Waals surface area contributed by atoms with E-state index in [0.29, 0.717) is 42.4 Å². The summed E-state index contributed by atoms with van der Waals surface area (Å²) < 4.78 is 0. The molecule has 1 aliphatic rings. The molecule has 0 aromatic heterocycles. The van der Waals surface area contributed by atoms with Crippen molar-refractivity contribution in [3.05, 3.63) is 80.5 Å². The number of carbonyl (C=O) groups is 3. The summed E-state index contributed by atoms with van der Waals surface area (Å²) in [7, 11) is 0. The summed E-state index contributed by atoms with van der Waals surface area (Å²) >= 11 is 11.9. The van der Waals surface area contributed by atoms with Gasteiger partial charge in [0.1, 0.15) is 0 Å². The van der Waals surface area contributed by atoms with E-state index in [9.17, 15) is 19.5 Å². The summed E-state index contributed by atoms with van der Waals surface area (Å²) in [5.74, 6) is -2.60. The molecule has 168 valence electrons. The first-order valence-corrected chi connectivity index (χ1v) is 10.8. The lowest BCUT2D eigenvalue weighted by Crippen LogP contribution is -2.32. The number of halogens is 2. The lowest BCUT2D eigenvalue weighted by atomic mass is 10.1. The van der Waals surface area contributed by atoms with Crippen LogP contribution in [0.2, 0.25) is 10.0 Å². The summed E-state index contributed by atoms with van der Waals surface area (Å²) in [4.78, 5) is 37.0. The van der Waals surface area contributed by atoms with Crippen LogP contribution in [-0.2, 0) is 22.4 Å². The van der Waals surface area contributed by atoms with Crippen molar-refractivity contribution in [1.82, 2.24) is 10.2 Å². The van der Waals surface area contributed by atoms with Crippen LogP contribution in [0.3, 0.4) is 0 Å². The van der Waals surface area contributed by atoms with Crippen LogP contribution in [-0.4, -0.2) is 52.5 Å².